The molecule has 33 heavy (non-hydrogen) atoms. The number of sulfonamides is 1. The van der Waals surface area contributed by atoms with Crippen LogP contribution in [0.1, 0.15) is 44.2 Å². The maximum absolute atomic E-state index is 12.9. The van der Waals surface area contributed by atoms with Crippen LogP contribution >= 0.6 is 0 Å². The number of aryl methyl sites for hydroxylation is 2. The predicted molar refractivity (Wildman–Crippen MR) is 127 cm³/mol. The smallest absolute Gasteiger partial charge is 0.307 e. The van der Waals surface area contributed by atoms with Crippen LogP contribution in [-0.4, -0.2) is 47.4 Å². The fraction of sp³-hybridized carbons (Fsp3) is 0.522. The third-order valence-corrected chi connectivity index (χ3v) is 7.65. The molecule has 0 saturated heterocycles. The molecule has 0 radical (unpaired) electrons. The van der Waals surface area contributed by atoms with E-state index in [2.05, 4.69) is 28.5 Å². The number of nitrogens with one attached hydrogen (secondary N) is 1. The van der Waals surface area contributed by atoms with Gasteiger partial charge in [-0.3, -0.25) is 9.52 Å². The van der Waals surface area contributed by atoms with Gasteiger partial charge in [0.15, 0.2) is 0 Å². The van der Waals surface area contributed by atoms with E-state index in [1.807, 2.05) is 32.0 Å². The summed E-state index contributed by atoms with van der Waals surface area (Å²) in [5, 5.41) is 8.24. The molecule has 9 nitrogen and oxygen atoms in total. The number of ether oxygens (including phenoxy) is 1. The minimum absolute atomic E-state index is 0.154. The highest BCUT2D eigenvalue weighted by Gasteiger charge is 2.45. The van der Waals surface area contributed by atoms with Gasteiger partial charge in [-0.2, -0.15) is 4.98 Å². The Morgan fingerprint density at radius 3 is 2.45 bits per heavy atom. The fourth-order valence-corrected chi connectivity index (χ4v) is 5.71. The number of aromatic nitrogens is 2. The Labute approximate surface area is 194 Å². The van der Waals surface area contributed by atoms with Crippen molar-refractivity contribution in [2.24, 2.45) is 17.6 Å². The van der Waals surface area contributed by atoms with Crippen LogP contribution in [0.5, 0.6) is 5.88 Å². The van der Waals surface area contributed by atoms with Gasteiger partial charge < -0.3 is 15.6 Å². The SMILES string of the molecule is Cc1cccc(C)c1-c1cc(OC[C@H](N)CC(C)C)nc(NS(=O)(=O)C2CCC2C(=O)O)n1. The zero-order valence-electron chi connectivity index (χ0n) is 19.4. The van der Waals surface area contributed by atoms with Gasteiger partial charge in [0.05, 0.1) is 16.9 Å². The average Bonchev–Trinajstić information content (AvgIpc) is 2.63. The number of carboxylic acid groups (broad SMARTS) is 1. The molecular formula is C23H32N4O5S. The molecular weight excluding hydrogens is 444 g/mol. The summed E-state index contributed by atoms with van der Waals surface area (Å²) in [7, 11) is -3.99. The summed E-state index contributed by atoms with van der Waals surface area (Å²) in [5.74, 6) is -1.60. The molecule has 1 fully saturated rings. The van der Waals surface area contributed by atoms with Crippen molar-refractivity contribution in [1.29, 1.82) is 0 Å². The fourth-order valence-electron chi connectivity index (χ4n) is 4.08. The maximum atomic E-state index is 12.9. The lowest BCUT2D eigenvalue weighted by Gasteiger charge is -2.32. The molecule has 1 saturated carbocycles. The molecule has 0 spiro atoms. The van der Waals surface area contributed by atoms with Gasteiger partial charge in [-0.1, -0.05) is 32.0 Å². The first-order valence-corrected chi connectivity index (χ1v) is 12.6. The largest absolute Gasteiger partial charge is 0.481 e. The summed E-state index contributed by atoms with van der Waals surface area (Å²) in [5.41, 5.74) is 9.43. The molecule has 1 aliphatic carbocycles. The van der Waals surface area contributed by atoms with Gasteiger partial charge in [-0.15, -0.1) is 0 Å². The highest BCUT2D eigenvalue weighted by molar-refractivity contribution is 7.93. The zero-order valence-corrected chi connectivity index (χ0v) is 20.2. The normalized spacial score (nSPS) is 19.1. The van der Waals surface area contributed by atoms with Gasteiger partial charge >= 0.3 is 5.97 Å². The van der Waals surface area contributed by atoms with E-state index in [-0.39, 0.29) is 30.9 Å². The van der Waals surface area contributed by atoms with Crippen LogP contribution in [0.3, 0.4) is 0 Å². The molecule has 2 unspecified atom stereocenters. The Bertz CT molecular complexity index is 1100. The maximum Gasteiger partial charge on any atom is 0.307 e. The van der Waals surface area contributed by atoms with Crippen LogP contribution in [-0.2, 0) is 14.8 Å². The van der Waals surface area contributed by atoms with Gasteiger partial charge in [0.1, 0.15) is 6.61 Å². The van der Waals surface area contributed by atoms with E-state index in [0.717, 1.165) is 23.1 Å². The zero-order chi connectivity index (χ0) is 24.3. The van der Waals surface area contributed by atoms with Gasteiger partial charge in [0.25, 0.3) is 0 Å². The molecule has 1 aromatic heterocycles. The number of carboxylic acids is 1. The number of aliphatic carboxylic acids is 1. The predicted octanol–water partition coefficient (Wildman–Crippen LogP) is 3.12. The standard InChI is InChI=1S/C23H32N4O5S/c1-13(2)10-16(24)12-32-20-11-18(21-14(3)6-5-7-15(21)4)25-23(26-20)27-33(30,31)19-9-8-17(19)22(28)29/h5-7,11,13,16-17,19H,8-10,12,24H2,1-4H3,(H,28,29)(H,25,26,27)/t16-,17?,19?/m1/s1. The van der Waals surface area contributed by atoms with Crippen molar-refractivity contribution in [3.8, 4) is 17.1 Å². The molecule has 2 aromatic rings. The Hall–Kier alpha value is -2.72. The first kappa shape index (κ1) is 24.9. The summed E-state index contributed by atoms with van der Waals surface area (Å²) in [6, 6.07) is 7.29. The van der Waals surface area contributed by atoms with Crippen molar-refractivity contribution in [2.45, 2.75) is 58.2 Å². The van der Waals surface area contributed by atoms with Crippen LogP contribution in [0.2, 0.25) is 0 Å². The van der Waals surface area contributed by atoms with Crippen molar-refractivity contribution < 1.29 is 23.1 Å². The molecule has 1 heterocycles. The number of anilines is 1. The topological polar surface area (TPSA) is 144 Å². The lowest BCUT2D eigenvalue weighted by atomic mass is 9.85. The van der Waals surface area contributed by atoms with E-state index in [0.29, 0.717) is 18.0 Å². The lowest BCUT2D eigenvalue weighted by Crippen LogP contribution is -2.45. The second kappa shape index (κ2) is 10.0. The molecule has 1 aliphatic rings. The van der Waals surface area contributed by atoms with Gasteiger partial charge in [-0.05, 0) is 50.2 Å². The molecule has 10 heteroatoms. The van der Waals surface area contributed by atoms with Crippen LogP contribution in [0, 0.1) is 25.7 Å². The number of nitrogens with two attached hydrogens (primary N) is 1. The van der Waals surface area contributed by atoms with Crippen LogP contribution in [0.25, 0.3) is 11.3 Å². The number of nitrogens with zero attached hydrogens (tertiary/aromatic N) is 2. The Morgan fingerprint density at radius 2 is 1.91 bits per heavy atom. The first-order valence-electron chi connectivity index (χ1n) is 11.1. The Balaban J connectivity index is 1.94. The first-order chi connectivity index (χ1) is 15.5. The van der Waals surface area contributed by atoms with Crippen LogP contribution < -0.4 is 15.2 Å². The Morgan fingerprint density at radius 1 is 1.24 bits per heavy atom. The van der Waals surface area contributed by atoms with Gasteiger partial charge in [0.2, 0.25) is 21.9 Å². The number of rotatable bonds is 10. The van der Waals surface area contributed by atoms with Gasteiger partial charge in [-0.25, -0.2) is 13.4 Å². The van der Waals surface area contributed by atoms with Crippen molar-refractivity contribution in [1.82, 2.24) is 9.97 Å². The summed E-state index contributed by atoms with van der Waals surface area (Å²) >= 11 is 0. The molecule has 4 N–H and O–H groups in total. The van der Waals surface area contributed by atoms with E-state index in [1.165, 1.54) is 0 Å². The van der Waals surface area contributed by atoms with E-state index in [9.17, 15) is 18.3 Å². The number of hydrogen-bond acceptors (Lipinski definition) is 7. The van der Waals surface area contributed by atoms with Crippen molar-refractivity contribution in [2.75, 3.05) is 11.3 Å². The highest BCUT2D eigenvalue weighted by Crippen LogP contribution is 2.35. The molecule has 3 rings (SSSR count). The summed E-state index contributed by atoms with van der Waals surface area (Å²) in [6.07, 6.45) is 1.37. The van der Waals surface area contributed by atoms with E-state index >= 15 is 0 Å². The summed E-state index contributed by atoms with van der Waals surface area (Å²) in [6.45, 7) is 8.25. The van der Waals surface area contributed by atoms with Crippen LogP contribution in [0.4, 0.5) is 5.95 Å². The van der Waals surface area contributed by atoms with Crippen LogP contribution in [0.15, 0.2) is 24.3 Å². The molecule has 0 amide bonds. The number of hydrogen-bond donors (Lipinski definition) is 3. The minimum Gasteiger partial charge on any atom is -0.481 e. The summed E-state index contributed by atoms with van der Waals surface area (Å²) in [4.78, 5) is 20.0. The van der Waals surface area contributed by atoms with Crippen molar-refractivity contribution in [3.05, 3.63) is 35.4 Å². The second-order valence-electron chi connectivity index (χ2n) is 9.09. The molecule has 180 valence electrons. The lowest BCUT2D eigenvalue weighted by molar-refractivity contribution is -0.144. The van der Waals surface area contributed by atoms with E-state index in [4.69, 9.17) is 10.5 Å². The van der Waals surface area contributed by atoms with Gasteiger partial charge in [0, 0.05) is 17.7 Å². The quantitative estimate of drug-likeness (QED) is 0.474. The highest BCUT2D eigenvalue weighted by atomic mass is 32.2. The molecule has 0 bridgehead atoms. The van der Waals surface area contributed by atoms with E-state index in [1.54, 1.807) is 6.07 Å². The summed E-state index contributed by atoms with van der Waals surface area (Å²) < 4.78 is 33.9. The van der Waals surface area contributed by atoms with Crippen molar-refractivity contribution >= 4 is 21.9 Å². The third kappa shape index (κ3) is 6.00. The van der Waals surface area contributed by atoms with Crippen molar-refractivity contribution in [3.63, 3.8) is 0 Å². The molecule has 0 aliphatic heterocycles. The third-order valence-electron chi connectivity index (χ3n) is 5.82. The number of carbonyl (C=O) groups is 1. The minimum atomic E-state index is -3.99. The monoisotopic (exact) mass is 476 g/mol. The Kier molecular flexibility index (Phi) is 7.58. The second-order valence-corrected chi connectivity index (χ2v) is 11.0. The average molecular weight is 477 g/mol. The molecule has 3 atom stereocenters. The molecule has 1 aromatic carbocycles. The van der Waals surface area contributed by atoms with E-state index < -0.39 is 27.2 Å². The number of benzene rings is 1.